The Labute approximate surface area is 131 Å². The lowest BCUT2D eigenvalue weighted by molar-refractivity contribution is 0.617. The van der Waals surface area contributed by atoms with Gasteiger partial charge in [-0.25, -0.2) is 4.98 Å². The number of rotatable bonds is 5. The van der Waals surface area contributed by atoms with Gasteiger partial charge in [0, 0.05) is 18.4 Å². The van der Waals surface area contributed by atoms with Crippen molar-refractivity contribution in [3.63, 3.8) is 0 Å². The maximum Gasteiger partial charge on any atom is 0.224 e. The average Bonchev–Trinajstić information content (AvgIpc) is 2.83. The minimum Gasteiger partial charge on any atom is -0.367 e. The van der Waals surface area contributed by atoms with Crippen LogP contribution in [-0.4, -0.2) is 21.0 Å². The molecule has 1 aliphatic rings. The van der Waals surface area contributed by atoms with E-state index in [-0.39, 0.29) is 0 Å². The molecule has 2 aromatic rings. The summed E-state index contributed by atoms with van der Waals surface area (Å²) in [6.07, 6.45) is 11.4. The van der Waals surface area contributed by atoms with Gasteiger partial charge in [0.15, 0.2) is 0 Å². The number of aromatic nitrogens is 3. The molecule has 5 nitrogen and oxygen atoms in total. The van der Waals surface area contributed by atoms with Crippen molar-refractivity contribution in [2.45, 2.75) is 51.1 Å². The van der Waals surface area contributed by atoms with Crippen LogP contribution in [0.2, 0.25) is 0 Å². The number of pyridine rings is 1. The van der Waals surface area contributed by atoms with Crippen LogP contribution in [0.3, 0.4) is 0 Å². The second-order valence-corrected chi connectivity index (χ2v) is 5.77. The summed E-state index contributed by atoms with van der Waals surface area (Å²) in [5.41, 5.74) is 0.980. The molecule has 2 N–H and O–H groups in total. The van der Waals surface area contributed by atoms with Gasteiger partial charge in [-0.2, -0.15) is 4.98 Å². The Kier molecular flexibility index (Phi) is 5.18. The summed E-state index contributed by atoms with van der Waals surface area (Å²) in [7, 11) is 0. The highest BCUT2D eigenvalue weighted by molar-refractivity contribution is 5.40. The lowest BCUT2D eigenvalue weighted by Crippen LogP contribution is -2.19. The zero-order valence-electron chi connectivity index (χ0n) is 12.8. The molecule has 0 spiro atoms. The van der Waals surface area contributed by atoms with Gasteiger partial charge in [0.2, 0.25) is 5.95 Å². The highest BCUT2D eigenvalue weighted by Gasteiger charge is 2.12. The molecule has 0 unspecified atom stereocenters. The normalized spacial score (nSPS) is 16.0. The largest absolute Gasteiger partial charge is 0.367 e. The zero-order valence-corrected chi connectivity index (χ0v) is 12.8. The number of nitrogens with one attached hydrogen (secondary N) is 2. The molecule has 22 heavy (non-hydrogen) atoms. The number of hydrogen-bond donors (Lipinski definition) is 2. The van der Waals surface area contributed by atoms with Crippen LogP contribution in [0.4, 0.5) is 11.8 Å². The first-order valence-electron chi connectivity index (χ1n) is 8.13. The number of nitrogens with zero attached hydrogens (tertiary/aromatic N) is 3. The second-order valence-electron chi connectivity index (χ2n) is 5.77. The van der Waals surface area contributed by atoms with Crippen molar-refractivity contribution in [2.75, 3.05) is 10.6 Å². The van der Waals surface area contributed by atoms with Crippen molar-refractivity contribution in [2.24, 2.45) is 0 Å². The first kappa shape index (κ1) is 14.8. The van der Waals surface area contributed by atoms with E-state index in [0.29, 0.717) is 18.5 Å². The summed E-state index contributed by atoms with van der Waals surface area (Å²) >= 11 is 0. The Bertz CT molecular complexity index is 564. The predicted octanol–water partition coefficient (Wildman–Crippen LogP) is 3.62. The highest BCUT2D eigenvalue weighted by atomic mass is 15.1. The number of hydrogen-bond acceptors (Lipinski definition) is 5. The summed E-state index contributed by atoms with van der Waals surface area (Å²) in [6, 6.07) is 8.37. The Hall–Kier alpha value is -2.17. The van der Waals surface area contributed by atoms with Gasteiger partial charge in [0.25, 0.3) is 0 Å². The van der Waals surface area contributed by atoms with Crippen LogP contribution in [0.5, 0.6) is 0 Å². The molecule has 1 saturated carbocycles. The van der Waals surface area contributed by atoms with Crippen molar-refractivity contribution >= 4 is 11.8 Å². The molecule has 1 aliphatic carbocycles. The first-order chi connectivity index (χ1) is 10.9. The maximum atomic E-state index is 4.55. The van der Waals surface area contributed by atoms with Crippen molar-refractivity contribution in [3.05, 3.63) is 42.4 Å². The standard InChI is InChI=1S/C17H23N5/c1-2-4-8-14(7-3-1)21-16-10-12-19-17(22-16)20-13-15-9-5-6-11-18-15/h5-6,9-12,14H,1-4,7-8,13H2,(H2,19,20,21,22). The van der Waals surface area contributed by atoms with Gasteiger partial charge >= 0.3 is 0 Å². The molecular formula is C17H23N5. The van der Waals surface area contributed by atoms with E-state index in [2.05, 4.69) is 25.6 Å². The fraction of sp³-hybridized carbons (Fsp3) is 0.471. The third-order valence-corrected chi connectivity index (χ3v) is 4.02. The van der Waals surface area contributed by atoms with E-state index in [9.17, 15) is 0 Å². The summed E-state index contributed by atoms with van der Waals surface area (Å²) in [4.78, 5) is 13.1. The lowest BCUT2D eigenvalue weighted by Gasteiger charge is -2.17. The van der Waals surface area contributed by atoms with E-state index >= 15 is 0 Å². The predicted molar refractivity (Wildman–Crippen MR) is 88.7 cm³/mol. The van der Waals surface area contributed by atoms with E-state index in [4.69, 9.17) is 0 Å². The molecular weight excluding hydrogens is 274 g/mol. The minimum atomic E-state index is 0.543. The summed E-state index contributed by atoms with van der Waals surface area (Å²) in [6.45, 7) is 0.633. The van der Waals surface area contributed by atoms with Gasteiger partial charge < -0.3 is 10.6 Å². The van der Waals surface area contributed by atoms with Gasteiger partial charge in [-0.1, -0.05) is 31.7 Å². The van der Waals surface area contributed by atoms with Crippen LogP contribution in [0.15, 0.2) is 36.7 Å². The van der Waals surface area contributed by atoms with Crippen molar-refractivity contribution in [1.29, 1.82) is 0 Å². The summed E-state index contributed by atoms with van der Waals surface area (Å²) < 4.78 is 0. The van der Waals surface area contributed by atoms with Crippen LogP contribution in [0.1, 0.15) is 44.2 Å². The lowest BCUT2D eigenvalue weighted by atomic mass is 10.1. The molecule has 116 valence electrons. The van der Waals surface area contributed by atoms with E-state index < -0.39 is 0 Å². The topological polar surface area (TPSA) is 62.7 Å². The van der Waals surface area contributed by atoms with Crippen LogP contribution in [0, 0.1) is 0 Å². The molecule has 0 radical (unpaired) electrons. The minimum absolute atomic E-state index is 0.543. The zero-order chi connectivity index (χ0) is 15.0. The highest BCUT2D eigenvalue weighted by Crippen LogP contribution is 2.20. The van der Waals surface area contributed by atoms with E-state index in [1.165, 1.54) is 38.5 Å². The molecule has 0 atom stereocenters. The van der Waals surface area contributed by atoms with Gasteiger partial charge in [-0.15, -0.1) is 0 Å². The quantitative estimate of drug-likeness (QED) is 0.825. The molecule has 1 fully saturated rings. The van der Waals surface area contributed by atoms with Gasteiger partial charge in [0.1, 0.15) is 5.82 Å². The maximum absolute atomic E-state index is 4.55. The van der Waals surface area contributed by atoms with E-state index in [1.54, 1.807) is 12.4 Å². The fourth-order valence-electron chi connectivity index (χ4n) is 2.83. The van der Waals surface area contributed by atoms with Crippen molar-refractivity contribution in [3.8, 4) is 0 Å². The Balaban J connectivity index is 1.57. The molecule has 0 amide bonds. The second kappa shape index (κ2) is 7.73. The smallest absolute Gasteiger partial charge is 0.224 e. The molecule has 0 saturated heterocycles. The van der Waals surface area contributed by atoms with Crippen LogP contribution in [0.25, 0.3) is 0 Å². The van der Waals surface area contributed by atoms with E-state index in [1.807, 2.05) is 24.3 Å². The fourth-order valence-corrected chi connectivity index (χ4v) is 2.83. The van der Waals surface area contributed by atoms with Gasteiger partial charge in [-0.3, -0.25) is 4.98 Å². The van der Waals surface area contributed by atoms with Gasteiger partial charge in [-0.05, 0) is 31.0 Å². The van der Waals surface area contributed by atoms with Crippen LogP contribution >= 0.6 is 0 Å². The first-order valence-corrected chi connectivity index (χ1v) is 8.13. The van der Waals surface area contributed by atoms with E-state index in [0.717, 1.165) is 11.5 Å². The van der Waals surface area contributed by atoms with Crippen LogP contribution in [-0.2, 0) is 6.54 Å². The number of anilines is 2. The summed E-state index contributed by atoms with van der Waals surface area (Å²) in [5, 5.41) is 6.78. The third kappa shape index (κ3) is 4.41. The Morgan fingerprint density at radius 3 is 2.59 bits per heavy atom. The average molecular weight is 297 g/mol. The summed E-state index contributed by atoms with van der Waals surface area (Å²) in [5.74, 6) is 1.55. The van der Waals surface area contributed by atoms with Crippen LogP contribution < -0.4 is 10.6 Å². The third-order valence-electron chi connectivity index (χ3n) is 4.02. The Morgan fingerprint density at radius 1 is 0.955 bits per heavy atom. The van der Waals surface area contributed by atoms with Crippen molar-refractivity contribution in [1.82, 2.24) is 15.0 Å². The molecule has 0 aliphatic heterocycles. The SMILES string of the molecule is c1ccc(CNc2nccc(NC3CCCCCC3)n2)nc1. The molecule has 3 rings (SSSR count). The van der Waals surface area contributed by atoms with Gasteiger partial charge in [0.05, 0.1) is 12.2 Å². The monoisotopic (exact) mass is 297 g/mol. The molecule has 0 bridgehead atoms. The molecule has 2 aromatic heterocycles. The molecule has 2 heterocycles. The molecule has 5 heteroatoms. The Morgan fingerprint density at radius 2 is 1.82 bits per heavy atom. The van der Waals surface area contributed by atoms with Crippen molar-refractivity contribution < 1.29 is 0 Å². The molecule has 0 aromatic carbocycles.